The number of hydrogen-bond donors (Lipinski definition) is 2. The van der Waals surface area contributed by atoms with Gasteiger partial charge in [-0.3, -0.25) is 20.4 Å². The van der Waals surface area contributed by atoms with Crippen LogP contribution in [-0.2, 0) is 11.3 Å². The van der Waals surface area contributed by atoms with E-state index in [0.717, 1.165) is 25.9 Å². The molecule has 1 fully saturated rings. The Bertz CT molecular complexity index is 724. The maximum atomic E-state index is 12.8. The van der Waals surface area contributed by atoms with Gasteiger partial charge in [0.25, 0.3) is 5.91 Å². The summed E-state index contributed by atoms with van der Waals surface area (Å²) in [6.07, 6.45) is 3.45. The van der Waals surface area contributed by atoms with E-state index in [1.54, 1.807) is 4.90 Å². The molecule has 1 aromatic heterocycles. The molecular formula is C15H17FN6O2. The molecule has 9 heteroatoms. The lowest BCUT2D eigenvalue weighted by Gasteiger charge is -2.14. The molecule has 1 aliphatic heterocycles. The minimum Gasteiger partial charge on any atom is -0.341 e. The first-order valence-electron chi connectivity index (χ1n) is 7.61. The fourth-order valence-electron chi connectivity index (χ4n) is 2.41. The molecule has 0 aliphatic carbocycles. The van der Waals surface area contributed by atoms with Gasteiger partial charge in [0.1, 0.15) is 12.4 Å². The summed E-state index contributed by atoms with van der Waals surface area (Å²) in [6, 6.07) is 5.52. The van der Waals surface area contributed by atoms with Crippen LogP contribution in [0.3, 0.4) is 0 Å². The van der Waals surface area contributed by atoms with E-state index in [-0.39, 0.29) is 24.0 Å². The summed E-state index contributed by atoms with van der Waals surface area (Å²) in [5.74, 6) is -0.898. The summed E-state index contributed by atoms with van der Waals surface area (Å²) in [7, 11) is 0. The normalized spacial score (nSPS) is 13.8. The van der Waals surface area contributed by atoms with E-state index in [1.165, 1.54) is 35.1 Å². The lowest BCUT2D eigenvalue weighted by atomic mass is 10.3. The van der Waals surface area contributed by atoms with Gasteiger partial charge in [-0.25, -0.2) is 9.07 Å². The van der Waals surface area contributed by atoms with Crippen molar-refractivity contribution >= 4 is 17.5 Å². The third-order valence-corrected chi connectivity index (χ3v) is 3.69. The second-order valence-corrected chi connectivity index (χ2v) is 5.48. The zero-order valence-corrected chi connectivity index (χ0v) is 12.9. The third-order valence-electron chi connectivity index (χ3n) is 3.69. The van der Waals surface area contributed by atoms with Gasteiger partial charge in [0.2, 0.25) is 5.91 Å². The number of carbonyl (C=O) groups is 2. The Morgan fingerprint density at radius 3 is 2.58 bits per heavy atom. The molecule has 2 amide bonds. The van der Waals surface area contributed by atoms with Crippen LogP contribution >= 0.6 is 0 Å². The zero-order chi connectivity index (χ0) is 16.9. The molecule has 126 valence electrons. The van der Waals surface area contributed by atoms with E-state index < -0.39 is 5.91 Å². The molecule has 3 rings (SSSR count). The second-order valence-electron chi connectivity index (χ2n) is 5.48. The van der Waals surface area contributed by atoms with Gasteiger partial charge in [0, 0.05) is 13.1 Å². The molecule has 1 aromatic carbocycles. The Kier molecular flexibility index (Phi) is 4.69. The molecule has 0 saturated carbocycles. The number of anilines is 1. The lowest BCUT2D eigenvalue weighted by Crippen LogP contribution is -2.31. The van der Waals surface area contributed by atoms with Gasteiger partial charge in [-0.15, -0.1) is 5.10 Å². The first kappa shape index (κ1) is 15.9. The van der Waals surface area contributed by atoms with E-state index in [9.17, 15) is 14.0 Å². The quantitative estimate of drug-likeness (QED) is 0.790. The van der Waals surface area contributed by atoms with Crippen molar-refractivity contribution in [3.8, 4) is 0 Å². The topological polar surface area (TPSA) is 92.2 Å². The predicted molar refractivity (Wildman–Crippen MR) is 83.3 cm³/mol. The molecule has 1 aliphatic rings. The summed E-state index contributed by atoms with van der Waals surface area (Å²) < 4.78 is 14.1. The second kappa shape index (κ2) is 7.07. The number of nitrogens with zero attached hydrogens (tertiary/aromatic N) is 4. The zero-order valence-electron chi connectivity index (χ0n) is 12.9. The number of aromatic nitrogens is 3. The number of rotatable bonds is 5. The molecule has 24 heavy (non-hydrogen) atoms. The average Bonchev–Trinajstić information content (AvgIpc) is 3.26. The Balaban J connectivity index is 1.53. The fraction of sp³-hybridized carbons (Fsp3) is 0.333. The summed E-state index contributed by atoms with van der Waals surface area (Å²) >= 11 is 0. The van der Waals surface area contributed by atoms with Gasteiger partial charge in [0.05, 0.1) is 11.9 Å². The van der Waals surface area contributed by atoms with Gasteiger partial charge < -0.3 is 4.90 Å². The van der Waals surface area contributed by atoms with Crippen LogP contribution in [0.25, 0.3) is 0 Å². The Labute approximate surface area is 137 Å². The van der Waals surface area contributed by atoms with Crippen LogP contribution in [0, 0.1) is 5.82 Å². The average molecular weight is 332 g/mol. The van der Waals surface area contributed by atoms with Gasteiger partial charge in [0.15, 0.2) is 5.69 Å². The molecule has 0 atom stereocenters. The third kappa shape index (κ3) is 3.86. The van der Waals surface area contributed by atoms with Gasteiger partial charge >= 0.3 is 0 Å². The fourth-order valence-corrected chi connectivity index (χ4v) is 2.41. The first-order valence-corrected chi connectivity index (χ1v) is 7.61. The summed E-state index contributed by atoms with van der Waals surface area (Å²) in [5.41, 5.74) is 5.69. The highest BCUT2D eigenvalue weighted by Crippen LogP contribution is 2.09. The molecule has 1 saturated heterocycles. The SMILES string of the molecule is O=C(NNc1ccc(F)cc1)c1cn(CC(=O)N2CCCC2)nn1. The van der Waals surface area contributed by atoms with Crippen molar-refractivity contribution in [3.63, 3.8) is 0 Å². The first-order chi connectivity index (χ1) is 11.6. The highest BCUT2D eigenvalue weighted by molar-refractivity contribution is 5.92. The van der Waals surface area contributed by atoms with Crippen molar-refractivity contribution in [2.24, 2.45) is 0 Å². The van der Waals surface area contributed by atoms with E-state index in [0.29, 0.717) is 5.69 Å². The van der Waals surface area contributed by atoms with Crippen molar-refractivity contribution in [1.82, 2.24) is 25.3 Å². The predicted octanol–water partition coefficient (Wildman–Crippen LogP) is 0.796. The van der Waals surface area contributed by atoms with E-state index in [2.05, 4.69) is 21.2 Å². The highest BCUT2D eigenvalue weighted by atomic mass is 19.1. The smallest absolute Gasteiger partial charge is 0.291 e. The molecule has 0 bridgehead atoms. The molecule has 0 unspecified atom stereocenters. The van der Waals surface area contributed by atoms with Crippen molar-refractivity contribution < 1.29 is 14.0 Å². The molecule has 0 spiro atoms. The van der Waals surface area contributed by atoms with Crippen LogP contribution in [0.15, 0.2) is 30.5 Å². The number of nitrogens with one attached hydrogen (secondary N) is 2. The number of benzene rings is 1. The molecule has 0 radical (unpaired) electrons. The largest absolute Gasteiger partial charge is 0.341 e. The number of amides is 2. The van der Waals surface area contributed by atoms with Gasteiger partial charge in [-0.05, 0) is 37.1 Å². The Hall–Kier alpha value is -2.97. The molecular weight excluding hydrogens is 315 g/mol. The monoisotopic (exact) mass is 332 g/mol. The van der Waals surface area contributed by atoms with Crippen molar-refractivity contribution in [3.05, 3.63) is 42.0 Å². The number of carbonyl (C=O) groups excluding carboxylic acids is 2. The van der Waals surface area contributed by atoms with E-state index in [1.807, 2.05) is 0 Å². The van der Waals surface area contributed by atoms with Crippen LogP contribution in [-0.4, -0.2) is 44.8 Å². The van der Waals surface area contributed by atoms with Gasteiger partial charge in [-0.1, -0.05) is 5.21 Å². The van der Waals surface area contributed by atoms with E-state index >= 15 is 0 Å². The number of hydrogen-bond acceptors (Lipinski definition) is 5. The number of halogens is 1. The number of likely N-dealkylation sites (tertiary alicyclic amines) is 1. The minimum absolute atomic E-state index is 0.0335. The number of hydrazine groups is 1. The minimum atomic E-state index is -0.501. The van der Waals surface area contributed by atoms with Crippen LogP contribution in [0.4, 0.5) is 10.1 Å². The Morgan fingerprint density at radius 1 is 1.17 bits per heavy atom. The van der Waals surface area contributed by atoms with Crippen molar-refractivity contribution in [1.29, 1.82) is 0 Å². The van der Waals surface area contributed by atoms with Crippen molar-refractivity contribution in [2.75, 3.05) is 18.5 Å². The van der Waals surface area contributed by atoms with Crippen LogP contribution in [0.1, 0.15) is 23.3 Å². The van der Waals surface area contributed by atoms with Gasteiger partial charge in [-0.2, -0.15) is 0 Å². The maximum absolute atomic E-state index is 12.8. The Morgan fingerprint density at radius 2 is 1.88 bits per heavy atom. The summed E-state index contributed by atoms with van der Waals surface area (Å²) in [6.45, 7) is 1.59. The van der Waals surface area contributed by atoms with Crippen LogP contribution in [0.5, 0.6) is 0 Å². The van der Waals surface area contributed by atoms with Crippen LogP contribution in [0.2, 0.25) is 0 Å². The summed E-state index contributed by atoms with van der Waals surface area (Å²) in [4.78, 5) is 25.8. The standard InChI is InChI=1S/C15H17FN6O2/c16-11-3-5-12(6-4-11)17-19-15(24)13-9-22(20-18-13)10-14(23)21-7-1-2-8-21/h3-6,9,17H,1-2,7-8,10H2,(H,19,24). The van der Waals surface area contributed by atoms with Crippen molar-refractivity contribution in [2.45, 2.75) is 19.4 Å². The lowest BCUT2D eigenvalue weighted by molar-refractivity contribution is -0.130. The highest BCUT2D eigenvalue weighted by Gasteiger charge is 2.19. The molecule has 2 N–H and O–H groups in total. The maximum Gasteiger partial charge on any atom is 0.291 e. The van der Waals surface area contributed by atoms with Crippen LogP contribution < -0.4 is 10.9 Å². The molecule has 2 heterocycles. The van der Waals surface area contributed by atoms with E-state index in [4.69, 9.17) is 0 Å². The summed E-state index contributed by atoms with van der Waals surface area (Å²) in [5, 5.41) is 7.55. The molecule has 8 nitrogen and oxygen atoms in total. The molecule has 2 aromatic rings.